The van der Waals surface area contributed by atoms with Crippen LogP contribution in [0.1, 0.15) is 37.0 Å². The molecule has 4 N–H and O–H groups in total. The smallest absolute Gasteiger partial charge is 0.398 e. The lowest BCUT2D eigenvalue weighted by atomic mass is 10.1. The second-order valence-corrected chi connectivity index (χ2v) is 10.5. The first-order valence-corrected chi connectivity index (χ1v) is 12.8. The monoisotopic (exact) mass is 504 g/mol. The van der Waals surface area contributed by atoms with Crippen LogP contribution >= 0.6 is 0 Å². The van der Waals surface area contributed by atoms with E-state index in [0.29, 0.717) is 38.0 Å². The van der Waals surface area contributed by atoms with E-state index >= 15 is 0 Å². The van der Waals surface area contributed by atoms with Gasteiger partial charge in [-0.3, -0.25) is 25.2 Å². The summed E-state index contributed by atoms with van der Waals surface area (Å²) in [5.74, 6) is -1.76. The van der Waals surface area contributed by atoms with Gasteiger partial charge in [-0.15, -0.1) is 0 Å². The first-order valence-electron chi connectivity index (χ1n) is 11.3. The number of nitrogens with zero attached hydrogens (tertiary/aromatic N) is 1. The minimum Gasteiger partial charge on any atom is -0.456 e. The number of nitrogens with one attached hydrogen (secondary N) is 4. The summed E-state index contributed by atoms with van der Waals surface area (Å²) >= 11 is 0. The van der Waals surface area contributed by atoms with Crippen LogP contribution in [-0.2, 0) is 24.3 Å². The highest BCUT2D eigenvalue weighted by molar-refractivity contribution is 7.93. The van der Waals surface area contributed by atoms with Crippen molar-refractivity contribution in [3.8, 4) is 0 Å². The molecular weight excluding hydrogens is 474 g/mol. The topological polar surface area (TPSA) is 148 Å². The number of esters is 1. The highest BCUT2D eigenvalue weighted by atomic mass is 32.2. The minimum absolute atomic E-state index is 0.0489. The maximum atomic E-state index is 12.8. The number of amides is 1. The number of piperidine rings is 1. The lowest BCUT2D eigenvalue weighted by Crippen LogP contribution is -3.14. The Bertz CT molecular complexity index is 1130. The zero-order valence-electron chi connectivity index (χ0n) is 19.6. The number of pyridine rings is 1. The van der Waals surface area contributed by atoms with E-state index in [4.69, 9.17) is 4.74 Å². The molecule has 1 aromatic carbocycles. The molecule has 0 spiro atoms. The molecule has 188 valence electrons. The van der Waals surface area contributed by atoms with Crippen molar-refractivity contribution in [2.45, 2.75) is 38.0 Å². The predicted molar refractivity (Wildman–Crippen MR) is 129 cm³/mol. The highest BCUT2D eigenvalue weighted by Crippen LogP contribution is 2.17. The number of hydrazine groups is 1. The van der Waals surface area contributed by atoms with Gasteiger partial charge in [0.25, 0.3) is 0 Å². The third-order valence-electron chi connectivity index (χ3n) is 5.44. The van der Waals surface area contributed by atoms with Crippen molar-refractivity contribution in [1.29, 1.82) is 0 Å². The van der Waals surface area contributed by atoms with Crippen LogP contribution in [0.3, 0.4) is 0 Å². The van der Waals surface area contributed by atoms with Gasteiger partial charge in [0, 0.05) is 18.4 Å². The Morgan fingerprint density at radius 1 is 1.09 bits per heavy atom. The SMILES string of the molecule is CC(C)OC(=O)C(=O)NNc1ccc(NS(=O)(=O)C2CC[NH+](CC(=O)c3ccccc3)CC2)cn1. The number of aromatic nitrogens is 1. The third kappa shape index (κ3) is 7.76. The molecular formula is C23H30N5O6S+. The van der Waals surface area contributed by atoms with Crippen LogP contribution in [0, 0.1) is 0 Å². The van der Waals surface area contributed by atoms with E-state index in [0.717, 1.165) is 4.90 Å². The predicted octanol–water partition coefficient (Wildman–Crippen LogP) is 0.148. The van der Waals surface area contributed by atoms with Crippen molar-refractivity contribution in [3.05, 3.63) is 54.2 Å². The lowest BCUT2D eigenvalue weighted by Gasteiger charge is -2.28. The minimum atomic E-state index is -3.64. The van der Waals surface area contributed by atoms with Crippen molar-refractivity contribution < 1.29 is 32.4 Å². The van der Waals surface area contributed by atoms with E-state index < -0.39 is 33.3 Å². The van der Waals surface area contributed by atoms with Crippen molar-refractivity contribution in [2.75, 3.05) is 29.8 Å². The number of anilines is 2. The summed E-state index contributed by atoms with van der Waals surface area (Å²) in [4.78, 5) is 40.6. The van der Waals surface area contributed by atoms with E-state index in [1.54, 1.807) is 26.0 Å². The summed E-state index contributed by atoms with van der Waals surface area (Å²) in [6.07, 6.45) is 1.76. The van der Waals surface area contributed by atoms with E-state index in [1.165, 1.54) is 18.3 Å². The quantitative estimate of drug-likeness (QED) is 0.163. The number of benzene rings is 1. The molecule has 1 saturated heterocycles. The van der Waals surface area contributed by atoms with Gasteiger partial charge >= 0.3 is 11.9 Å². The molecule has 1 amide bonds. The fourth-order valence-corrected chi connectivity index (χ4v) is 5.13. The molecule has 0 atom stereocenters. The normalized spacial score (nSPS) is 17.9. The average molecular weight is 505 g/mol. The van der Waals surface area contributed by atoms with Gasteiger partial charge in [-0.1, -0.05) is 30.3 Å². The molecule has 0 bridgehead atoms. The third-order valence-corrected chi connectivity index (χ3v) is 7.31. The molecule has 12 heteroatoms. The number of ketones is 1. The molecule has 35 heavy (non-hydrogen) atoms. The summed E-state index contributed by atoms with van der Waals surface area (Å²) in [5, 5.41) is -0.567. The first kappa shape index (κ1) is 26.1. The molecule has 11 nitrogen and oxygen atoms in total. The number of likely N-dealkylation sites (tertiary alicyclic amines) is 1. The van der Waals surface area contributed by atoms with Crippen LogP contribution < -0.4 is 20.5 Å². The zero-order valence-corrected chi connectivity index (χ0v) is 20.4. The summed E-state index contributed by atoms with van der Waals surface area (Å²) < 4.78 is 33.0. The standard InChI is InChI=1S/C23H29N5O6S/c1-16(2)34-23(31)22(30)26-25-21-9-8-18(14-24-21)27-35(32,33)19-10-12-28(13-11-19)15-20(29)17-6-4-3-5-7-17/h3-9,14,16,19,27H,10-13,15H2,1-2H3,(H,24,25)(H,26,30)/p+1. The fraction of sp³-hybridized carbons (Fsp3) is 0.391. The van der Waals surface area contributed by atoms with E-state index in [9.17, 15) is 22.8 Å². The number of rotatable bonds is 9. The van der Waals surface area contributed by atoms with Crippen LogP contribution in [0.25, 0.3) is 0 Å². The maximum Gasteiger partial charge on any atom is 0.398 e. The Morgan fingerprint density at radius 2 is 1.77 bits per heavy atom. The number of carbonyl (C=O) groups excluding carboxylic acids is 3. The van der Waals surface area contributed by atoms with E-state index in [-0.39, 0.29) is 17.3 Å². The fourth-order valence-electron chi connectivity index (χ4n) is 3.66. The molecule has 1 aliphatic rings. The molecule has 0 radical (unpaired) electrons. The Balaban J connectivity index is 1.46. The number of hydrogen-bond donors (Lipinski definition) is 4. The van der Waals surface area contributed by atoms with E-state index in [1.807, 2.05) is 18.2 Å². The molecule has 0 aliphatic carbocycles. The Morgan fingerprint density at radius 3 is 2.37 bits per heavy atom. The molecule has 3 rings (SSSR count). The summed E-state index contributed by atoms with van der Waals surface area (Å²) in [7, 11) is -3.64. The van der Waals surface area contributed by atoms with Gasteiger partial charge < -0.3 is 9.64 Å². The van der Waals surface area contributed by atoms with Crippen LogP contribution in [0.5, 0.6) is 0 Å². The Kier molecular flexibility index (Phi) is 8.77. The lowest BCUT2D eigenvalue weighted by molar-refractivity contribution is -0.896. The molecule has 1 aromatic heterocycles. The second kappa shape index (κ2) is 11.8. The van der Waals surface area contributed by atoms with Crippen LogP contribution in [0.4, 0.5) is 11.5 Å². The van der Waals surface area contributed by atoms with Crippen LogP contribution in [-0.4, -0.2) is 62.0 Å². The first-order chi connectivity index (χ1) is 16.6. The molecule has 1 fully saturated rings. The van der Waals surface area contributed by atoms with Gasteiger partial charge in [0.2, 0.25) is 15.8 Å². The van der Waals surface area contributed by atoms with Gasteiger partial charge in [0.1, 0.15) is 12.4 Å². The summed E-state index contributed by atoms with van der Waals surface area (Å²) in [5.41, 5.74) is 5.56. The zero-order chi connectivity index (χ0) is 25.4. The van der Waals surface area contributed by atoms with Gasteiger partial charge in [-0.05, 0) is 26.0 Å². The maximum absolute atomic E-state index is 12.8. The Hall–Kier alpha value is -3.51. The van der Waals surface area contributed by atoms with Crippen molar-refractivity contribution in [3.63, 3.8) is 0 Å². The van der Waals surface area contributed by atoms with Gasteiger partial charge in [0.15, 0.2) is 0 Å². The van der Waals surface area contributed by atoms with Crippen molar-refractivity contribution >= 4 is 39.2 Å². The number of quaternary nitrogens is 1. The second-order valence-electron chi connectivity index (χ2n) is 8.53. The van der Waals surface area contributed by atoms with Gasteiger partial charge in [0.05, 0.1) is 36.3 Å². The average Bonchev–Trinajstić information content (AvgIpc) is 2.83. The van der Waals surface area contributed by atoms with Crippen LogP contribution in [0.15, 0.2) is 48.7 Å². The Labute approximate surface area is 204 Å². The van der Waals surface area contributed by atoms with Crippen molar-refractivity contribution in [1.82, 2.24) is 10.4 Å². The molecule has 2 aromatic rings. The molecule has 1 aliphatic heterocycles. The summed E-state index contributed by atoms with van der Waals surface area (Å²) in [6, 6.07) is 12.0. The van der Waals surface area contributed by atoms with E-state index in [2.05, 4.69) is 20.6 Å². The highest BCUT2D eigenvalue weighted by Gasteiger charge is 2.33. The molecule has 2 heterocycles. The number of carbonyl (C=O) groups is 3. The van der Waals surface area contributed by atoms with Gasteiger partial charge in [-0.2, -0.15) is 0 Å². The van der Waals surface area contributed by atoms with Crippen molar-refractivity contribution in [2.24, 2.45) is 0 Å². The number of hydrogen-bond acceptors (Lipinski definition) is 8. The molecule has 0 saturated carbocycles. The largest absolute Gasteiger partial charge is 0.456 e. The number of ether oxygens (including phenoxy) is 1. The molecule has 0 unspecified atom stereocenters. The van der Waals surface area contributed by atoms with Gasteiger partial charge in [-0.25, -0.2) is 18.2 Å². The number of Topliss-reactive ketones (excluding diaryl/α,β-unsaturated/α-hetero) is 1. The summed E-state index contributed by atoms with van der Waals surface area (Å²) in [6.45, 7) is 4.76. The van der Waals surface area contributed by atoms with Crippen LogP contribution in [0.2, 0.25) is 0 Å². The number of sulfonamides is 1.